The first-order chi connectivity index (χ1) is 11.1. The third-order valence-electron chi connectivity index (χ3n) is 7.18. The summed E-state index contributed by atoms with van der Waals surface area (Å²) in [7, 11) is 0. The minimum absolute atomic E-state index is 0.0365. The van der Waals surface area contributed by atoms with Gasteiger partial charge in [-0.2, -0.15) is 0 Å². The zero-order chi connectivity index (χ0) is 17.3. The predicted octanol–water partition coefficient (Wildman–Crippen LogP) is 4.94. The average molecular weight is 333 g/mol. The second kappa shape index (κ2) is 5.58. The Morgan fingerprint density at radius 2 is 1.12 bits per heavy atom. The summed E-state index contributed by atoms with van der Waals surface area (Å²) in [6.45, 7) is 15.0. The molecule has 136 valence electrons. The lowest BCUT2D eigenvalue weighted by Crippen LogP contribution is -2.42. The lowest BCUT2D eigenvalue weighted by atomic mass is 9.65. The van der Waals surface area contributed by atoms with Gasteiger partial charge >= 0.3 is 0 Å². The van der Waals surface area contributed by atoms with Crippen LogP contribution in [0, 0.1) is 47.3 Å². The maximum Gasteiger partial charge on any atom is 0.0598 e. The molecule has 3 saturated carbocycles. The molecule has 0 amide bonds. The Kier molecular flexibility index (Phi) is 3.97. The molecule has 8 unspecified atom stereocenters. The number of hydrogen-bond donors (Lipinski definition) is 0. The quantitative estimate of drug-likeness (QED) is 0.536. The van der Waals surface area contributed by atoms with Crippen LogP contribution in [0.15, 0.2) is 12.2 Å². The highest BCUT2D eigenvalue weighted by atomic mass is 16.5. The molecule has 8 atom stereocenters. The monoisotopic (exact) mass is 332 g/mol. The lowest BCUT2D eigenvalue weighted by Gasteiger charge is -2.43. The summed E-state index contributed by atoms with van der Waals surface area (Å²) in [6.07, 6.45) is 7.94. The van der Waals surface area contributed by atoms with Gasteiger partial charge in [0.1, 0.15) is 0 Å². The maximum absolute atomic E-state index is 6.28. The molecule has 2 heteroatoms. The highest BCUT2D eigenvalue weighted by Crippen LogP contribution is 2.68. The van der Waals surface area contributed by atoms with Crippen LogP contribution in [0.3, 0.4) is 0 Å². The molecular formula is C22H36O2. The Bertz CT molecular complexity index is 465. The fraction of sp³-hybridized carbons (Fsp3) is 0.909. The Hall–Kier alpha value is -0.340. The van der Waals surface area contributed by atoms with E-state index in [1.54, 1.807) is 0 Å². The normalized spacial score (nSPS) is 46.1. The fourth-order valence-electron chi connectivity index (χ4n) is 6.48. The first-order valence-corrected chi connectivity index (χ1v) is 10.1. The first-order valence-electron chi connectivity index (χ1n) is 10.1. The van der Waals surface area contributed by atoms with E-state index in [9.17, 15) is 0 Å². The van der Waals surface area contributed by atoms with Crippen LogP contribution in [0.2, 0.25) is 0 Å². The first kappa shape index (κ1) is 17.1. The molecule has 0 N–H and O–H groups in total. The van der Waals surface area contributed by atoms with Crippen molar-refractivity contribution in [3.63, 3.8) is 0 Å². The summed E-state index contributed by atoms with van der Waals surface area (Å²) in [5.41, 5.74) is -0.0729. The van der Waals surface area contributed by atoms with Crippen LogP contribution in [0.5, 0.6) is 0 Å². The topological polar surface area (TPSA) is 18.5 Å². The summed E-state index contributed by atoms with van der Waals surface area (Å²) in [5.74, 6) is 6.78. The Balaban J connectivity index is 1.52. The van der Waals surface area contributed by atoms with Gasteiger partial charge in [0.2, 0.25) is 0 Å². The standard InChI is InChI=1S/C22H36O2/c1-21(2,3)23-11-17-15-10-16(18(17)12-24-22(4,5)6)20-14-8-7-13(9-14)19(15)20/h7-8,13-20H,9-12H2,1-6H3. The largest absolute Gasteiger partial charge is 0.376 e. The van der Waals surface area contributed by atoms with E-state index in [1.807, 2.05) is 0 Å². The van der Waals surface area contributed by atoms with E-state index >= 15 is 0 Å². The molecule has 4 rings (SSSR count). The zero-order valence-corrected chi connectivity index (χ0v) is 16.4. The van der Waals surface area contributed by atoms with E-state index in [4.69, 9.17) is 9.47 Å². The Morgan fingerprint density at radius 1 is 0.708 bits per heavy atom. The Labute approximate surface area is 148 Å². The summed E-state index contributed by atoms with van der Waals surface area (Å²) >= 11 is 0. The van der Waals surface area contributed by atoms with Crippen LogP contribution in [0.4, 0.5) is 0 Å². The van der Waals surface area contributed by atoms with Crippen LogP contribution in [-0.2, 0) is 9.47 Å². The van der Waals surface area contributed by atoms with E-state index in [0.717, 1.165) is 48.7 Å². The SMILES string of the molecule is CC(C)(C)OCC1C(COC(C)(C)C)C2CC1C1C3C=CC(C3)C21. The van der Waals surface area contributed by atoms with Crippen LogP contribution in [-0.4, -0.2) is 24.4 Å². The van der Waals surface area contributed by atoms with Crippen molar-refractivity contribution < 1.29 is 9.47 Å². The van der Waals surface area contributed by atoms with Gasteiger partial charge in [-0.25, -0.2) is 0 Å². The number of hydrogen-bond acceptors (Lipinski definition) is 2. The summed E-state index contributed by atoms with van der Waals surface area (Å²) in [5, 5.41) is 0. The number of allylic oxidation sites excluding steroid dienone is 2. The van der Waals surface area contributed by atoms with E-state index < -0.39 is 0 Å². The second-order valence-corrected chi connectivity index (χ2v) is 10.8. The van der Waals surface area contributed by atoms with Gasteiger partial charge in [-0.15, -0.1) is 0 Å². The molecule has 0 heterocycles. The van der Waals surface area contributed by atoms with E-state index in [0.29, 0.717) is 11.8 Å². The van der Waals surface area contributed by atoms with E-state index in [2.05, 4.69) is 53.7 Å². The van der Waals surface area contributed by atoms with Crippen molar-refractivity contribution in [3.05, 3.63) is 12.2 Å². The van der Waals surface area contributed by atoms with Crippen molar-refractivity contribution >= 4 is 0 Å². The molecule has 4 bridgehead atoms. The third kappa shape index (κ3) is 2.88. The number of rotatable bonds is 4. The molecular weight excluding hydrogens is 296 g/mol. The van der Waals surface area contributed by atoms with Crippen molar-refractivity contribution in [2.45, 2.75) is 65.6 Å². The third-order valence-corrected chi connectivity index (χ3v) is 7.18. The van der Waals surface area contributed by atoms with Crippen LogP contribution < -0.4 is 0 Å². The molecule has 4 aliphatic rings. The minimum atomic E-state index is -0.0365. The van der Waals surface area contributed by atoms with E-state index in [1.165, 1.54) is 12.8 Å². The maximum atomic E-state index is 6.28. The fourth-order valence-corrected chi connectivity index (χ4v) is 6.48. The van der Waals surface area contributed by atoms with Crippen LogP contribution >= 0.6 is 0 Å². The van der Waals surface area contributed by atoms with Gasteiger partial charge in [-0.1, -0.05) is 12.2 Å². The van der Waals surface area contributed by atoms with Gasteiger partial charge in [0.05, 0.1) is 24.4 Å². The zero-order valence-electron chi connectivity index (χ0n) is 16.4. The van der Waals surface area contributed by atoms with Gasteiger partial charge in [-0.3, -0.25) is 0 Å². The molecule has 3 fully saturated rings. The number of fused-ring (bicyclic) bond motifs is 9. The average Bonchev–Trinajstić information content (AvgIpc) is 3.17. The molecule has 0 saturated heterocycles. The van der Waals surface area contributed by atoms with Crippen molar-refractivity contribution in [1.29, 1.82) is 0 Å². The van der Waals surface area contributed by atoms with Crippen molar-refractivity contribution in [2.75, 3.05) is 13.2 Å². The van der Waals surface area contributed by atoms with Gasteiger partial charge in [0.25, 0.3) is 0 Å². The van der Waals surface area contributed by atoms with Crippen molar-refractivity contribution in [1.82, 2.24) is 0 Å². The smallest absolute Gasteiger partial charge is 0.0598 e. The lowest BCUT2D eigenvalue weighted by molar-refractivity contribution is -0.0916. The molecule has 0 radical (unpaired) electrons. The molecule has 0 spiro atoms. The van der Waals surface area contributed by atoms with Crippen molar-refractivity contribution in [3.8, 4) is 0 Å². The molecule has 0 aromatic carbocycles. The second-order valence-electron chi connectivity index (χ2n) is 10.8. The highest BCUT2D eigenvalue weighted by Gasteiger charge is 2.64. The van der Waals surface area contributed by atoms with Crippen LogP contribution in [0.25, 0.3) is 0 Å². The van der Waals surface area contributed by atoms with Crippen LogP contribution in [0.1, 0.15) is 54.4 Å². The van der Waals surface area contributed by atoms with Gasteiger partial charge < -0.3 is 9.47 Å². The molecule has 4 aliphatic carbocycles. The highest BCUT2D eigenvalue weighted by molar-refractivity contribution is 5.22. The number of ether oxygens (including phenoxy) is 2. The minimum Gasteiger partial charge on any atom is -0.376 e. The Morgan fingerprint density at radius 3 is 1.50 bits per heavy atom. The van der Waals surface area contributed by atoms with E-state index in [-0.39, 0.29) is 11.2 Å². The summed E-state index contributed by atoms with van der Waals surface area (Å²) in [4.78, 5) is 0. The molecule has 24 heavy (non-hydrogen) atoms. The predicted molar refractivity (Wildman–Crippen MR) is 97.7 cm³/mol. The summed E-state index contributed by atoms with van der Waals surface area (Å²) in [6, 6.07) is 0. The molecule has 0 aliphatic heterocycles. The van der Waals surface area contributed by atoms with Crippen molar-refractivity contribution in [2.24, 2.45) is 47.3 Å². The molecule has 2 nitrogen and oxygen atoms in total. The van der Waals surface area contributed by atoms with Gasteiger partial charge in [0.15, 0.2) is 0 Å². The van der Waals surface area contributed by atoms with Gasteiger partial charge in [0, 0.05) is 0 Å². The van der Waals surface area contributed by atoms with Gasteiger partial charge in [-0.05, 0) is 102 Å². The molecule has 0 aromatic heterocycles. The molecule has 0 aromatic rings. The summed E-state index contributed by atoms with van der Waals surface area (Å²) < 4.78 is 12.6.